The van der Waals surface area contributed by atoms with Crippen molar-refractivity contribution in [3.05, 3.63) is 34.3 Å². The first kappa shape index (κ1) is 16.5. The number of urea groups is 1. The van der Waals surface area contributed by atoms with E-state index in [2.05, 4.69) is 21.2 Å². The molecule has 1 unspecified atom stereocenters. The van der Waals surface area contributed by atoms with Gasteiger partial charge in [-0.1, -0.05) is 35.0 Å². The summed E-state index contributed by atoms with van der Waals surface area (Å²) >= 11 is 3.36. The summed E-state index contributed by atoms with van der Waals surface area (Å²) in [5, 5.41) is 11.5. The van der Waals surface area contributed by atoms with Gasteiger partial charge in [-0.25, -0.2) is 4.79 Å². The summed E-state index contributed by atoms with van der Waals surface area (Å²) in [6.07, 6.45) is 0.526. The number of carbonyl (C=O) groups excluding carboxylic acids is 1. The number of rotatable bonds is 6. The molecule has 0 fully saturated rings. The van der Waals surface area contributed by atoms with Crippen LogP contribution >= 0.6 is 15.9 Å². The fourth-order valence-electron chi connectivity index (χ4n) is 1.73. The van der Waals surface area contributed by atoms with Gasteiger partial charge in [-0.3, -0.25) is 4.79 Å². The minimum Gasteiger partial charge on any atom is -0.481 e. The molecule has 0 saturated heterocycles. The molecule has 0 saturated carbocycles. The summed E-state index contributed by atoms with van der Waals surface area (Å²) in [7, 11) is 1.69. The van der Waals surface area contributed by atoms with Gasteiger partial charge in [0.05, 0.1) is 6.42 Å². The molecule has 1 aromatic rings. The van der Waals surface area contributed by atoms with Crippen molar-refractivity contribution in [2.75, 3.05) is 7.05 Å². The predicted octanol–water partition coefficient (Wildman–Crippen LogP) is 2.84. The second-order valence-electron chi connectivity index (χ2n) is 4.64. The minimum absolute atomic E-state index is 0.0611. The van der Waals surface area contributed by atoms with Gasteiger partial charge < -0.3 is 15.3 Å². The van der Waals surface area contributed by atoms with E-state index in [1.807, 2.05) is 31.2 Å². The molecule has 1 atom stereocenters. The molecule has 0 aliphatic rings. The van der Waals surface area contributed by atoms with Crippen molar-refractivity contribution in [3.8, 4) is 0 Å². The smallest absolute Gasteiger partial charge is 0.317 e. The highest BCUT2D eigenvalue weighted by Gasteiger charge is 2.16. The molecule has 1 aromatic carbocycles. The van der Waals surface area contributed by atoms with Gasteiger partial charge in [0, 0.05) is 24.1 Å². The third-order valence-electron chi connectivity index (χ3n) is 2.92. The van der Waals surface area contributed by atoms with Crippen molar-refractivity contribution >= 4 is 27.9 Å². The van der Waals surface area contributed by atoms with Gasteiger partial charge in [0.15, 0.2) is 0 Å². The molecule has 2 N–H and O–H groups in total. The van der Waals surface area contributed by atoms with Crippen molar-refractivity contribution in [1.29, 1.82) is 0 Å². The van der Waals surface area contributed by atoms with Gasteiger partial charge in [-0.15, -0.1) is 0 Å². The van der Waals surface area contributed by atoms with Crippen LogP contribution in [0.4, 0.5) is 4.79 Å². The van der Waals surface area contributed by atoms with Crippen LogP contribution in [0.2, 0.25) is 0 Å². The highest BCUT2D eigenvalue weighted by molar-refractivity contribution is 9.10. The Bertz CT molecular complexity index is 462. The van der Waals surface area contributed by atoms with E-state index >= 15 is 0 Å². The highest BCUT2D eigenvalue weighted by Crippen LogP contribution is 2.12. The fourth-order valence-corrected chi connectivity index (χ4v) is 1.99. The standard InChI is InChI=1S/C14H19BrN2O3/c1-3-12(8-13(18)19)16-14(20)17(2)9-10-4-6-11(15)7-5-10/h4-7,12H,3,8-9H2,1-2H3,(H,16,20)(H,18,19). The van der Waals surface area contributed by atoms with Crippen LogP contribution in [0.5, 0.6) is 0 Å². The second-order valence-corrected chi connectivity index (χ2v) is 5.55. The summed E-state index contributed by atoms with van der Waals surface area (Å²) in [6.45, 7) is 2.32. The van der Waals surface area contributed by atoms with Gasteiger partial charge in [0.2, 0.25) is 0 Å². The largest absolute Gasteiger partial charge is 0.481 e. The number of hydrogen-bond acceptors (Lipinski definition) is 2. The van der Waals surface area contributed by atoms with E-state index in [1.54, 1.807) is 7.05 Å². The van der Waals surface area contributed by atoms with E-state index in [-0.39, 0.29) is 18.5 Å². The third kappa shape index (κ3) is 5.61. The van der Waals surface area contributed by atoms with Crippen LogP contribution < -0.4 is 5.32 Å². The maximum Gasteiger partial charge on any atom is 0.317 e. The summed E-state index contributed by atoms with van der Waals surface area (Å²) in [5.74, 6) is -0.910. The molecular formula is C14H19BrN2O3. The molecule has 20 heavy (non-hydrogen) atoms. The SMILES string of the molecule is CCC(CC(=O)O)NC(=O)N(C)Cc1ccc(Br)cc1. The Hall–Kier alpha value is -1.56. The Morgan fingerprint density at radius 3 is 2.45 bits per heavy atom. The van der Waals surface area contributed by atoms with Crippen LogP contribution in [0, 0.1) is 0 Å². The maximum absolute atomic E-state index is 12.0. The van der Waals surface area contributed by atoms with Crippen molar-refractivity contribution in [2.45, 2.75) is 32.4 Å². The normalized spacial score (nSPS) is 11.8. The Labute approximate surface area is 127 Å². The average Bonchev–Trinajstić information content (AvgIpc) is 2.39. The molecule has 0 radical (unpaired) electrons. The summed E-state index contributed by atoms with van der Waals surface area (Å²) in [4.78, 5) is 24.2. The lowest BCUT2D eigenvalue weighted by atomic mass is 10.1. The topological polar surface area (TPSA) is 69.6 Å². The van der Waals surface area contributed by atoms with Gasteiger partial charge in [-0.2, -0.15) is 0 Å². The molecular weight excluding hydrogens is 324 g/mol. The van der Waals surface area contributed by atoms with E-state index in [4.69, 9.17) is 5.11 Å². The van der Waals surface area contributed by atoms with E-state index in [9.17, 15) is 9.59 Å². The number of carboxylic acids is 1. The maximum atomic E-state index is 12.0. The molecule has 0 spiro atoms. The Morgan fingerprint density at radius 1 is 1.35 bits per heavy atom. The summed E-state index contributed by atoms with van der Waals surface area (Å²) < 4.78 is 0.987. The van der Waals surface area contributed by atoms with Crippen LogP contribution in [0.25, 0.3) is 0 Å². The number of hydrogen-bond donors (Lipinski definition) is 2. The Balaban J connectivity index is 2.53. The van der Waals surface area contributed by atoms with Crippen molar-refractivity contribution in [3.63, 3.8) is 0 Å². The number of halogens is 1. The lowest BCUT2D eigenvalue weighted by Gasteiger charge is -2.22. The lowest BCUT2D eigenvalue weighted by Crippen LogP contribution is -2.43. The van der Waals surface area contributed by atoms with Crippen LogP contribution in [0.15, 0.2) is 28.7 Å². The first-order valence-corrected chi connectivity index (χ1v) is 7.19. The van der Waals surface area contributed by atoms with E-state index < -0.39 is 5.97 Å². The first-order chi connectivity index (χ1) is 9.42. The molecule has 0 aliphatic carbocycles. The third-order valence-corrected chi connectivity index (χ3v) is 3.45. The van der Waals surface area contributed by atoms with Crippen LogP contribution in [-0.4, -0.2) is 35.1 Å². The molecule has 0 aromatic heterocycles. The first-order valence-electron chi connectivity index (χ1n) is 6.40. The number of benzene rings is 1. The number of carbonyl (C=O) groups is 2. The van der Waals surface area contributed by atoms with Gasteiger partial charge in [0.25, 0.3) is 0 Å². The van der Waals surface area contributed by atoms with Crippen molar-refractivity contribution in [2.24, 2.45) is 0 Å². The lowest BCUT2D eigenvalue weighted by molar-refractivity contribution is -0.137. The molecule has 5 nitrogen and oxygen atoms in total. The molecule has 110 valence electrons. The zero-order valence-electron chi connectivity index (χ0n) is 11.6. The Morgan fingerprint density at radius 2 is 1.95 bits per heavy atom. The zero-order valence-corrected chi connectivity index (χ0v) is 13.2. The zero-order chi connectivity index (χ0) is 15.1. The molecule has 0 heterocycles. The number of aliphatic carboxylic acids is 1. The van der Waals surface area contributed by atoms with Gasteiger partial charge in [-0.05, 0) is 24.1 Å². The predicted molar refractivity (Wildman–Crippen MR) is 80.5 cm³/mol. The number of carboxylic acid groups (broad SMARTS) is 1. The van der Waals surface area contributed by atoms with Crippen LogP contribution in [-0.2, 0) is 11.3 Å². The molecule has 1 rings (SSSR count). The van der Waals surface area contributed by atoms with Gasteiger partial charge >= 0.3 is 12.0 Å². The second kappa shape index (κ2) is 7.89. The van der Waals surface area contributed by atoms with E-state index in [1.165, 1.54) is 4.90 Å². The summed E-state index contributed by atoms with van der Waals surface area (Å²) in [6, 6.07) is 7.10. The Kier molecular flexibility index (Phi) is 6.51. The van der Waals surface area contributed by atoms with Crippen molar-refractivity contribution < 1.29 is 14.7 Å². The van der Waals surface area contributed by atoms with E-state index in [0.29, 0.717) is 13.0 Å². The van der Waals surface area contributed by atoms with Crippen LogP contribution in [0.1, 0.15) is 25.3 Å². The average molecular weight is 343 g/mol. The molecule has 2 amide bonds. The molecule has 6 heteroatoms. The minimum atomic E-state index is -0.910. The molecule has 0 aliphatic heterocycles. The number of amides is 2. The van der Waals surface area contributed by atoms with Crippen molar-refractivity contribution in [1.82, 2.24) is 10.2 Å². The quantitative estimate of drug-likeness (QED) is 0.835. The van der Waals surface area contributed by atoms with Crippen LogP contribution in [0.3, 0.4) is 0 Å². The van der Waals surface area contributed by atoms with Gasteiger partial charge in [0.1, 0.15) is 0 Å². The fraction of sp³-hybridized carbons (Fsp3) is 0.429. The van der Waals surface area contributed by atoms with E-state index in [0.717, 1.165) is 10.0 Å². The number of nitrogens with one attached hydrogen (secondary N) is 1. The monoisotopic (exact) mass is 342 g/mol. The number of nitrogens with zero attached hydrogens (tertiary/aromatic N) is 1. The molecule has 0 bridgehead atoms. The highest BCUT2D eigenvalue weighted by atomic mass is 79.9. The summed E-state index contributed by atoms with van der Waals surface area (Å²) in [5.41, 5.74) is 1.01.